The van der Waals surface area contributed by atoms with Gasteiger partial charge in [-0.05, 0) is 44.4 Å². The molecule has 1 aliphatic rings. The molecule has 1 aromatic rings. The average molecular weight is 403 g/mol. The first kappa shape index (κ1) is 20.7. The molecule has 1 amide bonds. The number of sulfonamides is 1. The number of esters is 1. The van der Waals surface area contributed by atoms with Gasteiger partial charge >= 0.3 is 5.97 Å². The molecule has 26 heavy (non-hydrogen) atoms. The van der Waals surface area contributed by atoms with Gasteiger partial charge in [0, 0.05) is 19.1 Å². The lowest BCUT2D eigenvalue weighted by molar-refractivity contribution is -0.124. The molecule has 0 radical (unpaired) electrons. The Kier molecular flexibility index (Phi) is 7.02. The van der Waals surface area contributed by atoms with Crippen LogP contribution in [0.5, 0.6) is 0 Å². The van der Waals surface area contributed by atoms with Crippen molar-refractivity contribution in [3.63, 3.8) is 0 Å². The number of hydrogen-bond acceptors (Lipinski definition) is 5. The van der Waals surface area contributed by atoms with Gasteiger partial charge in [0.15, 0.2) is 6.61 Å². The number of nitrogens with one attached hydrogen (secondary N) is 1. The van der Waals surface area contributed by atoms with Crippen molar-refractivity contribution in [1.29, 1.82) is 0 Å². The number of carbonyl (C=O) groups excluding carboxylic acids is 2. The number of hydrogen-bond donors (Lipinski definition) is 1. The van der Waals surface area contributed by atoms with Crippen molar-refractivity contribution < 1.29 is 22.7 Å². The van der Waals surface area contributed by atoms with Crippen LogP contribution >= 0.6 is 11.6 Å². The Labute approximate surface area is 158 Å². The monoisotopic (exact) mass is 402 g/mol. The summed E-state index contributed by atoms with van der Waals surface area (Å²) in [4.78, 5) is 23.9. The van der Waals surface area contributed by atoms with Crippen molar-refractivity contribution in [3.8, 4) is 0 Å². The zero-order valence-electron chi connectivity index (χ0n) is 14.8. The van der Waals surface area contributed by atoms with Crippen molar-refractivity contribution in [2.75, 3.05) is 19.7 Å². The third-order valence-electron chi connectivity index (χ3n) is 4.21. The lowest BCUT2D eigenvalue weighted by atomic mass is 10.2. The highest BCUT2D eigenvalue weighted by molar-refractivity contribution is 7.89. The minimum atomic E-state index is -3.67. The highest BCUT2D eigenvalue weighted by atomic mass is 35.5. The highest BCUT2D eigenvalue weighted by Gasteiger charge is 2.28. The summed E-state index contributed by atoms with van der Waals surface area (Å²) >= 11 is 6.01. The first-order valence-electron chi connectivity index (χ1n) is 8.52. The first-order valence-corrected chi connectivity index (χ1v) is 10.3. The molecule has 1 heterocycles. The van der Waals surface area contributed by atoms with E-state index in [1.807, 2.05) is 13.8 Å². The van der Waals surface area contributed by atoms with Crippen LogP contribution in [0, 0.1) is 0 Å². The second-order valence-corrected chi connectivity index (χ2v) is 8.55. The third-order valence-corrected chi connectivity index (χ3v) is 6.44. The molecule has 7 nitrogen and oxygen atoms in total. The fraction of sp³-hybridized carbons (Fsp3) is 0.529. The molecule has 1 fully saturated rings. The van der Waals surface area contributed by atoms with Gasteiger partial charge in [0.05, 0.1) is 15.5 Å². The van der Waals surface area contributed by atoms with E-state index in [4.69, 9.17) is 16.3 Å². The van der Waals surface area contributed by atoms with Crippen LogP contribution in [-0.2, 0) is 19.6 Å². The summed E-state index contributed by atoms with van der Waals surface area (Å²) in [7, 11) is -3.67. The Morgan fingerprint density at radius 1 is 1.31 bits per heavy atom. The van der Waals surface area contributed by atoms with E-state index in [1.54, 1.807) is 0 Å². The lowest BCUT2D eigenvalue weighted by Crippen LogP contribution is -2.35. The number of nitrogens with zero attached hydrogens (tertiary/aromatic N) is 1. The molecule has 1 atom stereocenters. The molecule has 144 valence electrons. The van der Waals surface area contributed by atoms with E-state index < -0.39 is 28.5 Å². The van der Waals surface area contributed by atoms with Gasteiger partial charge in [-0.1, -0.05) is 18.5 Å². The number of amides is 1. The quantitative estimate of drug-likeness (QED) is 0.706. The summed E-state index contributed by atoms with van der Waals surface area (Å²) in [6, 6.07) is 3.88. The Hall–Kier alpha value is -1.64. The van der Waals surface area contributed by atoms with Crippen molar-refractivity contribution in [2.24, 2.45) is 0 Å². The molecular weight excluding hydrogens is 380 g/mol. The van der Waals surface area contributed by atoms with Crippen LogP contribution < -0.4 is 5.32 Å². The second-order valence-electron chi connectivity index (χ2n) is 6.21. The van der Waals surface area contributed by atoms with Gasteiger partial charge < -0.3 is 10.1 Å². The smallest absolute Gasteiger partial charge is 0.340 e. The van der Waals surface area contributed by atoms with Gasteiger partial charge in [-0.2, -0.15) is 4.31 Å². The summed E-state index contributed by atoms with van der Waals surface area (Å²) in [5, 5.41) is 2.74. The fourth-order valence-electron chi connectivity index (χ4n) is 2.53. The first-order chi connectivity index (χ1) is 12.3. The van der Waals surface area contributed by atoms with Crippen molar-refractivity contribution >= 4 is 33.5 Å². The summed E-state index contributed by atoms with van der Waals surface area (Å²) in [6.45, 7) is 4.22. The SMILES string of the molecule is CC[C@H](C)NC(=O)COC(=O)c1cc(S(=O)(=O)N2CCCC2)ccc1Cl. The summed E-state index contributed by atoms with van der Waals surface area (Å²) in [5.74, 6) is -1.27. The van der Waals surface area contributed by atoms with Crippen molar-refractivity contribution in [2.45, 2.75) is 44.0 Å². The minimum Gasteiger partial charge on any atom is -0.452 e. The molecule has 1 aliphatic heterocycles. The largest absolute Gasteiger partial charge is 0.452 e. The molecule has 9 heteroatoms. The van der Waals surface area contributed by atoms with Crippen molar-refractivity contribution in [1.82, 2.24) is 9.62 Å². The van der Waals surface area contributed by atoms with Gasteiger partial charge in [-0.25, -0.2) is 13.2 Å². The summed E-state index contributed by atoms with van der Waals surface area (Å²) in [5.41, 5.74) is -0.0803. The van der Waals surface area contributed by atoms with E-state index in [0.717, 1.165) is 19.3 Å². The molecule has 0 aromatic heterocycles. The van der Waals surface area contributed by atoms with E-state index in [0.29, 0.717) is 13.1 Å². The molecule has 2 rings (SSSR count). The van der Waals surface area contributed by atoms with Gasteiger partial charge in [-0.15, -0.1) is 0 Å². The number of halogens is 1. The van der Waals surface area contributed by atoms with Crippen LogP contribution in [-0.4, -0.2) is 50.3 Å². The van der Waals surface area contributed by atoms with Gasteiger partial charge in [0.25, 0.3) is 5.91 Å². The van der Waals surface area contributed by atoms with Crippen LogP contribution in [0.1, 0.15) is 43.5 Å². The summed E-state index contributed by atoms with van der Waals surface area (Å²) in [6.07, 6.45) is 2.38. The molecule has 0 aliphatic carbocycles. The van der Waals surface area contributed by atoms with Crippen LogP contribution in [0.15, 0.2) is 23.1 Å². The zero-order chi connectivity index (χ0) is 19.3. The maximum Gasteiger partial charge on any atom is 0.340 e. The molecule has 0 spiro atoms. The number of benzene rings is 1. The molecular formula is C17H23ClN2O5S. The Morgan fingerprint density at radius 2 is 1.96 bits per heavy atom. The number of carbonyl (C=O) groups is 2. The van der Waals surface area contributed by atoms with Crippen LogP contribution in [0.4, 0.5) is 0 Å². The summed E-state index contributed by atoms with van der Waals surface area (Å²) < 4.78 is 31.6. The van der Waals surface area contributed by atoms with Crippen LogP contribution in [0.2, 0.25) is 5.02 Å². The lowest BCUT2D eigenvalue weighted by Gasteiger charge is -2.16. The van der Waals surface area contributed by atoms with Gasteiger partial charge in [-0.3, -0.25) is 4.79 Å². The molecule has 1 aromatic carbocycles. The van der Waals surface area contributed by atoms with E-state index in [2.05, 4.69) is 5.32 Å². The minimum absolute atomic E-state index is 0.0141. The van der Waals surface area contributed by atoms with Crippen LogP contribution in [0.3, 0.4) is 0 Å². The zero-order valence-corrected chi connectivity index (χ0v) is 16.4. The molecule has 1 N–H and O–H groups in total. The van der Waals surface area contributed by atoms with E-state index in [-0.39, 0.29) is 21.5 Å². The number of ether oxygens (including phenoxy) is 1. The van der Waals surface area contributed by atoms with Gasteiger partial charge in [0.2, 0.25) is 10.0 Å². The molecule has 0 unspecified atom stereocenters. The van der Waals surface area contributed by atoms with E-state index in [9.17, 15) is 18.0 Å². The van der Waals surface area contributed by atoms with Gasteiger partial charge in [0.1, 0.15) is 0 Å². The Bertz CT molecular complexity index is 775. The second kappa shape index (κ2) is 8.83. The standard InChI is InChI=1S/C17H23ClN2O5S/c1-3-12(2)19-16(21)11-25-17(22)14-10-13(6-7-15(14)18)26(23,24)20-8-4-5-9-20/h6-7,10,12H,3-5,8-9,11H2,1-2H3,(H,19,21)/t12-/m0/s1. The predicted molar refractivity (Wildman–Crippen MR) is 97.6 cm³/mol. The molecule has 1 saturated heterocycles. The maximum atomic E-state index is 12.6. The predicted octanol–water partition coefficient (Wildman–Crippen LogP) is 2.20. The average Bonchev–Trinajstić information content (AvgIpc) is 3.15. The highest BCUT2D eigenvalue weighted by Crippen LogP contribution is 2.25. The number of rotatable bonds is 7. The van der Waals surface area contributed by atoms with Crippen LogP contribution in [0.25, 0.3) is 0 Å². The maximum absolute atomic E-state index is 12.6. The fourth-order valence-corrected chi connectivity index (χ4v) is 4.26. The Morgan fingerprint density at radius 3 is 2.58 bits per heavy atom. The van der Waals surface area contributed by atoms with E-state index in [1.165, 1.54) is 22.5 Å². The Balaban J connectivity index is 2.11. The third kappa shape index (κ3) is 4.96. The topological polar surface area (TPSA) is 92.8 Å². The van der Waals surface area contributed by atoms with Crippen molar-refractivity contribution in [3.05, 3.63) is 28.8 Å². The molecule has 0 bridgehead atoms. The van der Waals surface area contributed by atoms with E-state index >= 15 is 0 Å². The molecule has 0 saturated carbocycles. The normalized spacial score (nSPS) is 16.3.